The molecule has 0 aromatic rings. The molecule has 1 unspecified atom stereocenters. The van der Waals surface area contributed by atoms with Crippen molar-refractivity contribution in [3.05, 3.63) is 0 Å². The molecule has 2 heteroatoms. The maximum absolute atomic E-state index is 9.52. The molecule has 0 aliphatic rings. The van der Waals surface area contributed by atoms with E-state index in [1.807, 2.05) is 20.8 Å². The second-order valence-electron chi connectivity index (χ2n) is 3.45. The molecular formula is C9H20O2. The zero-order valence-corrected chi connectivity index (χ0v) is 7.75. The fourth-order valence-corrected chi connectivity index (χ4v) is 1.29. The van der Waals surface area contributed by atoms with Crippen molar-refractivity contribution in [2.24, 2.45) is 11.8 Å². The van der Waals surface area contributed by atoms with E-state index in [1.54, 1.807) is 0 Å². The summed E-state index contributed by atoms with van der Waals surface area (Å²) in [5, 5.41) is 18.5. The van der Waals surface area contributed by atoms with Crippen LogP contribution in [0.2, 0.25) is 0 Å². The lowest BCUT2D eigenvalue weighted by Gasteiger charge is -2.23. The minimum atomic E-state index is -0.329. The van der Waals surface area contributed by atoms with Gasteiger partial charge in [-0.15, -0.1) is 0 Å². The molecule has 2 nitrogen and oxygen atoms in total. The Bertz CT molecular complexity index is 91.6. The molecule has 11 heavy (non-hydrogen) atoms. The number of hydrogen-bond acceptors (Lipinski definition) is 2. The molecule has 0 rings (SSSR count). The van der Waals surface area contributed by atoms with E-state index in [-0.39, 0.29) is 18.6 Å². The predicted octanol–water partition coefficient (Wildman–Crippen LogP) is 1.41. The fraction of sp³-hybridized carbons (Fsp3) is 1.00. The molecule has 0 aromatic carbocycles. The average Bonchev–Trinajstić information content (AvgIpc) is 1.88. The first-order valence-corrected chi connectivity index (χ1v) is 4.42. The summed E-state index contributed by atoms with van der Waals surface area (Å²) in [4.78, 5) is 0. The minimum absolute atomic E-state index is 0.0509. The Labute approximate surface area is 69.2 Å². The Morgan fingerprint density at radius 2 is 1.82 bits per heavy atom. The van der Waals surface area contributed by atoms with Crippen LogP contribution < -0.4 is 0 Å². The summed E-state index contributed by atoms with van der Waals surface area (Å²) in [6, 6.07) is 0. The molecule has 2 N–H and O–H groups in total. The maximum Gasteiger partial charge on any atom is 0.0592 e. The van der Waals surface area contributed by atoms with Crippen molar-refractivity contribution < 1.29 is 10.2 Å². The van der Waals surface area contributed by atoms with Gasteiger partial charge in [-0.1, -0.05) is 27.2 Å². The summed E-state index contributed by atoms with van der Waals surface area (Å²) in [6.45, 7) is 6.19. The monoisotopic (exact) mass is 160 g/mol. The highest BCUT2D eigenvalue weighted by molar-refractivity contribution is 4.70. The summed E-state index contributed by atoms with van der Waals surface area (Å²) in [5.41, 5.74) is 0. The highest BCUT2D eigenvalue weighted by Gasteiger charge is 2.20. The van der Waals surface area contributed by atoms with Crippen LogP contribution in [0.3, 0.4) is 0 Å². The Morgan fingerprint density at radius 1 is 1.27 bits per heavy atom. The quantitative estimate of drug-likeness (QED) is 0.638. The molecule has 0 fully saturated rings. The molecule has 0 radical (unpaired) electrons. The van der Waals surface area contributed by atoms with Gasteiger partial charge in [-0.05, 0) is 12.3 Å². The van der Waals surface area contributed by atoms with E-state index in [0.717, 1.165) is 12.8 Å². The number of hydrogen-bond donors (Lipinski definition) is 2. The van der Waals surface area contributed by atoms with Gasteiger partial charge >= 0.3 is 0 Å². The molecule has 0 heterocycles. The predicted molar refractivity (Wildman–Crippen MR) is 46.3 cm³/mol. The molecule has 0 saturated heterocycles. The van der Waals surface area contributed by atoms with Crippen LogP contribution in [0.1, 0.15) is 33.6 Å². The van der Waals surface area contributed by atoms with Crippen LogP contribution in [0, 0.1) is 11.8 Å². The second-order valence-corrected chi connectivity index (χ2v) is 3.45. The van der Waals surface area contributed by atoms with E-state index >= 15 is 0 Å². The first-order chi connectivity index (χ1) is 5.13. The summed E-state index contributed by atoms with van der Waals surface area (Å²) in [6.07, 6.45) is 1.44. The highest BCUT2D eigenvalue weighted by atomic mass is 16.3. The molecule has 0 amide bonds. The van der Waals surface area contributed by atoms with Gasteiger partial charge in [-0.2, -0.15) is 0 Å². The van der Waals surface area contributed by atoms with Gasteiger partial charge < -0.3 is 10.2 Å². The minimum Gasteiger partial charge on any atom is -0.396 e. The molecule has 0 saturated carbocycles. The van der Waals surface area contributed by atoms with Crippen LogP contribution in [0.15, 0.2) is 0 Å². The van der Waals surface area contributed by atoms with Crippen molar-refractivity contribution in [2.75, 3.05) is 6.61 Å². The van der Waals surface area contributed by atoms with Crippen LogP contribution >= 0.6 is 0 Å². The van der Waals surface area contributed by atoms with E-state index in [1.165, 1.54) is 0 Å². The Morgan fingerprint density at radius 3 is 2.09 bits per heavy atom. The second kappa shape index (κ2) is 5.56. The summed E-state index contributed by atoms with van der Waals surface area (Å²) >= 11 is 0. The van der Waals surface area contributed by atoms with Gasteiger partial charge in [-0.25, -0.2) is 0 Å². The molecule has 68 valence electrons. The Kier molecular flexibility index (Phi) is 5.51. The van der Waals surface area contributed by atoms with Crippen molar-refractivity contribution in [2.45, 2.75) is 39.7 Å². The molecule has 2 atom stereocenters. The largest absolute Gasteiger partial charge is 0.396 e. The van der Waals surface area contributed by atoms with Gasteiger partial charge in [-0.3, -0.25) is 0 Å². The van der Waals surface area contributed by atoms with Gasteiger partial charge in [0.05, 0.1) is 6.10 Å². The van der Waals surface area contributed by atoms with Crippen LogP contribution in [0.25, 0.3) is 0 Å². The number of aliphatic hydroxyl groups excluding tert-OH is 2. The van der Waals surface area contributed by atoms with Gasteiger partial charge in [0.2, 0.25) is 0 Å². The van der Waals surface area contributed by atoms with E-state index in [2.05, 4.69) is 0 Å². The molecule has 0 aliphatic carbocycles. The van der Waals surface area contributed by atoms with E-state index in [0.29, 0.717) is 5.92 Å². The molecule has 0 aromatic heterocycles. The molecule has 0 aliphatic heterocycles. The third kappa shape index (κ3) is 3.73. The zero-order valence-electron chi connectivity index (χ0n) is 7.75. The number of aliphatic hydroxyl groups is 2. The first-order valence-electron chi connectivity index (χ1n) is 4.42. The summed E-state index contributed by atoms with van der Waals surface area (Å²) in [7, 11) is 0. The van der Waals surface area contributed by atoms with E-state index in [4.69, 9.17) is 5.11 Å². The average molecular weight is 160 g/mol. The SMILES string of the molecule is CCC[C@H](O)C(CO)C(C)C. The normalized spacial score (nSPS) is 16.9. The molecule has 0 spiro atoms. The fourth-order valence-electron chi connectivity index (χ4n) is 1.29. The smallest absolute Gasteiger partial charge is 0.0592 e. The van der Waals surface area contributed by atoms with Gasteiger partial charge in [0, 0.05) is 12.5 Å². The summed E-state index contributed by atoms with van der Waals surface area (Å²) in [5.74, 6) is 0.413. The lowest BCUT2D eigenvalue weighted by atomic mass is 9.89. The topological polar surface area (TPSA) is 40.5 Å². The Hall–Kier alpha value is -0.0800. The third-order valence-electron chi connectivity index (χ3n) is 2.15. The zero-order chi connectivity index (χ0) is 8.85. The van der Waals surface area contributed by atoms with Crippen LogP contribution in [-0.4, -0.2) is 22.9 Å². The van der Waals surface area contributed by atoms with Crippen molar-refractivity contribution in [1.82, 2.24) is 0 Å². The van der Waals surface area contributed by atoms with Crippen molar-refractivity contribution in [1.29, 1.82) is 0 Å². The maximum atomic E-state index is 9.52. The molecular weight excluding hydrogens is 140 g/mol. The van der Waals surface area contributed by atoms with Gasteiger partial charge in [0.15, 0.2) is 0 Å². The first kappa shape index (κ1) is 10.9. The van der Waals surface area contributed by atoms with E-state index < -0.39 is 0 Å². The lowest BCUT2D eigenvalue weighted by Crippen LogP contribution is -2.28. The van der Waals surface area contributed by atoms with Gasteiger partial charge in [0.1, 0.15) is 0 Å². The van der Waals surface area contributed by atoms with Crippen LogP contribution in [0.5, 0.6) is 0 Å². The van der Waals surface area contributed by atoms with Crippen molar-refractivity contribution >= 4 is 0 Å². The van der Waals surface area contributed by atoms with E-state index in [9.17, 15) is 5.11 Å². The highest BCUT2D eigenvalue weighted by Crippen LogP contribution is 2.17. The van der Waals surface area contributed by atoms with Crippen LogP contribution in [0.4, 0.5) is 0 Å². The lowest BCUT2D eigenvalue weighted by molar-refractivity contribution is 0.0357. The number of rotatable bonds is 5. The van der Waals surface area contributed by atoms with Crippen molar-refractivity contribution in [3.63, 3.8) is 0 Å². The Balaban J connectivity index is 3.81. The van der Waals surface area contributed by atoms with Crippen molar-refractivity contribution in [3.8, 4) is 0 Å². The van der Waals surface area contributed by atoms with Crippen LogP contribution in [-0.2, 0) is 0 Å². The standard InChI is InChI=1S/C9H20O2/c1-4-5-9(11)8(6-10)7(2)3/h7-11H,4-6H2,1-3H3/t8?,9-/m0/s1. The third-order valence-corrected chi connectivity index (χ3v) is 2.15. The van der Waals surface area contributed by atoms with Gasteiger partial charge in [0.25, 0.3) is 0 Å². The summed E-state index contributed by atoms with van der Waals surface area (Å²) < 4.78 is 0. The molecule has 0 bridgehead atoms.